The molecule has 14 heavy (non-hydrogen) atoms. The van der Waals surface area contributed by atoms with Crippen LogP contribution in [-0.4, -0.2) is 5.11 Å². The van der Waals surface area contributed by atoms with Crippen LogP contribution >= 0.6 is 0 Å². The first-order chi connectivity index (χ1) is 6.43. The molecule has 0 saturated carbocycles. The lowest BCUT2D eigenvalue weighted by Crippen LogP contribution is -2.24. The number of aromatic hydroxyl groups is 1. The summed E-state index contributed by atoms with van der Waals surface area (Å²) in [4.78, 5) is 0. The van der Waals surface area contributed by atoms with Crippen molar-refractivity contribution in [1.82, 2.24) is 0 Å². The van der Waals surface area contributed by atoms with Crippen LogP contribution in [0.15, 0.2) is 12.1 Å². The van der Waals surface area contributed by atoms with E-state index in [1.165, 1.54) is 11.1 Å². The Balaban J connectivity index is 2.64. The first kappa shape index (κ1) is 9.53. The molecular weight excluding hydrogens is 174 g/mol. The van der Waals surface area contributed by atoms with E-state index in [1.807, 2.05) is 6.07 Å². The van der Waals surface area contributed by atoms with Gasteiger partial charge in [-0.15, -0.1) is 0 Å². The molecule has 1 aromatic carbocycles. The maximum Gasteiger partial charge on any atom is 0.120 e. The molecule has 0 spiro atoms. The van der Waals surface area contributed by atoms with E-state index >= 15 is 0 Å². The van der Waals surface area contributed by atoms with E-state index in [0.717, 1.165) is 12.0 Å². The Morgan fingerprint density at radius 3 is 2.64 bits per heavy atom. The summed E-state index contributed by atoms with van der Waals surface area (Å²) in [5.74, 6) is 0.351. The number of hydrogen-bond acceptors (Lipinski definition) is 2. The summed E-state index contributed by atoms with van der Waals surface area (Å²) in [5, 5.41) is 9.78. The maximum absolute atomic E-state index is 9.78. The third-order valence-corrected chi connectivity index (χ3v) is 3.35. The lowest BCUT2D eigenvalue weighted by molar-refractivity contribution is 0.314. The van der Waals surface area contributed by atoms with Crippen LogP contribution in [0.1, 0.15) is 36.6 Å². The van der Waals surface area contributed by atoms with Gasteiger partial charge in [0.25, 0.3) is 0 Å². The number of hydrogen-bond donors (Lipinski definition) is 2. The minimum absolute atomic E-state index is 0.0441. The number of nitrogens with two attached hydrogens (primary N) is 1. The molecule has 76 valence electrons. The number of fused-ring (bicyclic) bond motifs is 1. The van der Waals surface area contributed by atoms with Crippen molar-refractivity contribution in [2.45, 2.75) is 33.2 Å². The summed E-state index contributed by atoms with van der Waals surface area (Å²) in [6.45, 7) is 6.37. The standard InChI is InChI=1S/C12H17NO/c1-7-4-5-9(14)10-8(7)6-12(2,3)11(10)13/h4-5,11,14H,6,13H2,1-3H3. The molecule has 2 nitrogen and oxygen atoms in total. The van der Waals surface area contributed by atoms with Gasteiger partial charge in [0.05, 0.1) is 0 Å². The molecule has 0 heterocycles. The van der Waals surface area contributed by atoms with Gasteiger partial charge < -0.3 is 10.8 Å². The third-order valence-electron chi connectivity index (χ3n) is 3.35. The highest BCUT2D eigenvalue weighted by molar-refractivity contribution is 5.50. The highest BCUT2D eigenvalue weighted by Crippen LogP contribution is 2.47. The van der Waals surface area contributed by atoms with Crippen molar-refractivity contribution in [3.05, 3.63) is 28.8 Å². The van der Waals surface area contributed by atoms with E-state index in [1.54, 1.807) is 6.07 Å². The molecule has 0 bridgehead atoms. The molecule has 0 aromatic heterocycles. The number of aryl methyl sites for hydroxylation is 1. The summed E-state index contributed by atoms with van der Waals surface area (Å²) in [5.41, 5.74) is 9.62. The lowest BCUT2D eigenvalue weighted by atomic mass is 9.86. The van der Waals surface area contributed by atoms with Gasteiger partial charge in [0, 0.05) is 11.6 Å². The van der Waals surface area contributed by atoms with Gasteiger partial charge in [-0.1, -0.05) is 19.9 Å². The molecule has 0 aliphatic heterocycles. The van der Waals surface area contributed by atoms with Crippen molar-refractivity contribution in [3.8, 4) is 5.75 Å². The fourth-order valence-electron chi connectivity index (χ4n) is 2.30. The SMILES string of the molecule is Cc1ccc(O)c2c1CC(C)(C)C2N. The second kappa shape index (κ2) is 2.74. The zero-order valence-electron chi connectivity index (χ0n) is 8.96. The number of phenolic OH excluding ortho intramolecular Hbond substituents is 1. The van der Waals surface area contributed by atoms with Crippen molar-refractivity contribution < 1.29 is 5.11 Å². The van der Waals surface area contributed by atoms with Gasteiger partial charge in [-0.25, -0.2) is 0 Å². The van der Waals surface area contributed by atoms with Crippen LogP contribution in [0.4, 0.5) is 0 Å². The van der Waals surface area contributed by atoms with E-state index in [0.29, 0.717) is 5.75 Å². The van der Waals surface area contributed by atoms with Gasteiger partial charge in [0.2, 0.25) is 0 Å². The van der Waals surface area contributed by atoms with E-state index < -0.39 is 0 Å². The molecule has 1 aliphatic rings. The molecule has 1 aromatic rings. The summed E-state index contributed by atoms with van der Waals surface area (Å²) in [6.07, 6.45) is 0.962. The van der Waals surface area contributed by atoms with Gasteiger partial charge in [-0.3, -0.25) is 0 Å². The van der Waals surface area contributed by atoms with Crippen LogP contribution in [0, 0.1) is 12.3 Å². The van der Waals surface area contributed by atoms with E-state index in [2.05, 4.69) is 20.8 Å². The predicted molar refractivity (Wildman–Crippen MR) is 57.3 cm³/mol. The van der Waals surface area contributed by atoms with Crippen LogP contribution < -0.4 is 5.73 Å². The Bertz CT molecular complexity index is 382. The molecule has 0 radical (unpaired) electrons. The van der Waals surface area contributed by atoms with Crippen molar-refractivity contribution in [2.75, 3.05) is 0 Å². The smallest absolute Gasteiger partial charge is 0.120 e. The lowest BCUT2D eigenvalue weighted by Gasteiger charge is -2.23. The van der Waals surface area contributed by atoms with Crippen molar-refractivity contribution >= 4 is 0 Å². The average molecular weight is 191 g/mol. The van der Waals surface area contributed by atoms with Crippen LogP contribution in [-0.2, 0) is 6.42 Å². The van der Waals surface area contributed by atoms with Crippen LogP contribution in [0.2, 0.25) is 0 Å². The topological polar surface area (TPSA) is 46.2 Å². The Kier molecular flexibility index (Phi) is 1.86. The first-order valence-corrected chi connectivity index (χ1v) is 5.00. The van der Waals surface area contributed by atoms with Crippen LogP contribution in [0.25, 0.3) is 0 Å². The van der Waals surface area contributed by atoms with Gasteiger partial charge in [0.1, 0.15) is 5.75 Å². The number of benzene rings is 1. The minimum Gasteiger partial charge on any atom is -0.508 e. The molecule has 0 fully saturated rings. The molecule has 2 rings (SSSR count). The number of phenols is 1. The third kappa shape index (κ3) is 1.14. The van der Waals surface area contributed by atoms with Gasteiger partial charge >= 0.3 is 0 Å². The second-order valence-electron chi connectivity index (χ2n) is 4.94. The summed E-state index contributed by atoms with van der Waals surface area (Å²) < 4.78 is 0. The molecule has 1 aliphatic carbocycles. The fourth-order valence-corrected chi connectivity index (χ4v) is 2.30. The molecule has 0 amide bonds. The normalized spacial score (nSPS) is 23.6. The largest absolute Gasteiger partial charge is 0.508 e. The zero-order valence-corrected chi connectivity index (χ0v) is 8.96. The fraction of sp³-hybridized carbons (Fsp3) is 0.500. The van der Waals surface area contributed by atoms with Crippen LogP contribution in [0.5, 0.6) is 5.75 Å². The molecule has 2 heteroatoms. The zero-order chi connectivity index (χ0) is 10.5. The summed E-state index contributed by atoms with van der Waals surface area (Å²) in [7, 11) is 0. The van der Waals surface area contributed by atoms with Gasteiger partial charge in [0.15, 0.2) is 0 Å². The average Bonchev–Trinajstić information content (AvgIpc) is 2.33. The molecular formula is C12H17NO. The molecule has 0 saturated heterocycles. The Labute approximate surface area is 84.7 Å². The van der Waals surface area contributed by atoms with Gasteiger partial charge in [-0.2, -0.15) is 0 Å². The monoisotopic (exact) mass is 191 g/mol. The first-order valence-electron chi connectivity index (χ1n) is 5.00. The van der Waals surface area contributed by atoms with Crippen molar-refractivity contribution in [3.63, 3.8) is 0 Å². The quantitative estimate of drug-likeness (QED) is 0.661. The molecule has 3 N–H and O–H groups in total. The van der Waals surface area contributed by atoms with E-state index in [9.17, 15) is 5.11 Å². The summed E-state index contributed by atoms with van der Waals surface area (Å²) in [6, 6.07) is 3.66. The molecule has 1 atom stereocenters. The number of rotatable bonds is 0. The van der Waals surface area contributed by atoms with Gasteiger partial charge in [-0.05, 0) is 36.0 Å². The highest BCUT2D eigenvalue weighted by atomic mass is 16.3. The highest BCUT2D eigenvalue weighted by Gasteiger charge is 2.38. The van der Waals surface area contributed by atoms with Crippen molar-refractivity contribution in [1.29, 1.82) is 0 Å². The minimum atomic E-state index is -0.0441. The Morgan fingerprint density at radius 2 is 2.07 bits per heavy atom. The van der Waals surface area contributed by atoms with Crippen LogP contribution in [0.3, 0.4) is 0 Å². The van der Waals surface area contributed by atoms with E-state index in [-0.39, 0.29) is 11.5 Å². The Hall–Kier alpha value is -1.02. The predicted octanol–water partition coefficient (Wildman–Crippen LogP) is 2.28. The molecule has 1 unspecified atom stereocenters. The maximum atomic E-state index is 9.78. The second-order valence-corrected chi connectivity index (χ2v) is 4.94. The van der Waals surface area contributed by atoms with E-state index in [4.69, 9.17) is 5.73 Å². The summed E-state index contributed by atoms with van der Waals surface area (Å²) >= 11 is 0. The Morgan fingerprint density at radius 1 is 1.43 bits per heavy atom. The van der Waals surface area contributed by atoms with Crippen molar-refractivity contribution in [2.24, 2.45) is 11.1 Å².